The quantitative estimate of drug-likeness (QED) is 0.455. The van der Waals surface area contributed by atoms with Crippen LogP contribution in [0, 0.1) is 5.92 Å². The lowest BCUT2D eigenvalue weighted by atomic mass is 10.1. The van der Waals surface area contributed by atoms with Crippen LogP contribution in [0.1, 0.15) is 12.0 Å². The van der Waals surface area contributed by atoms with Gasteiger partial charge < -0.3 is 15.3 Å². The van der Waals surface area contributed by atoms with Crippen LogP contribution in [0.25, 0.3) is 0 Å². The lowest BCUT2D eigenvalue weighted by Crippen LogP contribution is -2.48. The third-order valence-corrected chi connectivity index (χ3v) is 8.74. The number of anilines is 3. The van der Waals surface area contributed by atoms with Crippen molar-refractivity contribution in [2.75, 3.05) is 28.1 Å². The van der Waals surface area contributed by atoms with Gasteiger partial charge >= 0.3 is 0 Å². The van der Waals surface area contributed by atoms with Gasteiger partial charge in [0.15, 0.2) is 5.13 Å². The Balaban J connectivity index is 1.35. The first-order chi connectivity index (χ1) is 15.8. The van der Waals surface area contributed by atoms with Crippen molar-refractivity contribution < 1.29 is 18.3 Å². The van der Waals surface area contributed by atoms with Crippen molar-refractivity contribution >= 4 is 55.4 Å². The molecule has 1 amide bonds. The Hall–Kier alpha value is -2.66. The summed E-state index contributed by atoms with van der Waals surface area (Å²) in [6.45, 7) is 0.544. The average molecular weight is 505 g/mol. The molecular weight excluding hydrogens is 484 g/mol. The molecule has 33 heavy (non-hydrogen) atoms. The van der Waals surface area contributed by atoms with E-state index in [-0.39, 0.29) is 28.5 Å². The molecule has 11 heteroatoms. The van der Waals surface area contributed by atoms with E-state index in [1.807, 2.05) is 23.1 Å². The fourth-order valence-electron chi connectivity index (χ4n) is 4.47. The van der Waals surface area contributed by atoms with E-state index in [4.69, 9.17) is 11.6 Å². The van der Waals surface area contributed by atoms with Gasteiger partial charge in [0, 0.05) is 47.0 Å². The van der Waals surface area contributed by atoms with E-state index >= 15 is 0 Å². The first-order valence-electron chi connectivity index (χ1n) is 10.3. The predicted molar refractivity (Wildman–Crippen MR) is 128 cm³/mol. The number of sulfonamides is 1. The maximum absolute atomic E-state index is 13.4. The number of hydrogen-bond acceptors (Lipinski definition) is 7. The van der Waals surface area contributed by atoms with E-state index in [1.54, 1.807) is 17.5 Å². The van der Waals surface area contributed by atoms with E-state index in [9.17, 15) is 18.3 Å². The number of aliphatic hydroxyl groups is 1. The average Bonchev–Trinajstić information content (AvgIpc) is 3.09. The summed E-state index contributed by atoms with van der Waals surface area (Å²) in [7, 11) is -3.78. The number of carbonyl (C=O) groups is 1. The Morgan fingerprint density at radius 3 is 2.73 bits per heavy atom. The SMILES string of the molecule is O=C(Nc1ccc(S(=O)(=O)Nc2nccs2)cc1)[C@@]1(N2CCc3c(Cl)cccc32)CC1CO. The number of benzene rings is 2. The predicted octanol–water partition coefficient (Wildman–Crippen LogP) is 3.35. The Labute approximate surface area is 200 Å². The maximum Gasteiger partial charge on any atom is 0.263 e. The molecule has 3 N–H and O–H groups in total. The number of thiazole rings is 1. The van der Waals surface area contributed by atoms with Gasteiger partial charge in [-0.3, -0.25) is 9.52 Å². The number of fused-ring (bicyclic) bond motifs is 1. The van der Waals surface area contributed by atoms with Crippen LogP contribution in [0.2, 0.25) is 5.02 Å². The first-order valence-corrected chi connectivity index (χ1v) is 13.1. The number of halogens is 1. The maximum atomic E-state index is 13.4. The summed E-state index contributed by atoms with van der Waals surface area (Å²) in [6.07, 6.45) is 2.79. The normalized spacial score (nSPS) is 21.5. The molecular formula is C22H21ClN4O4S2. The number of aliphatic hydroxyl groups excluding tert-OH is 1. The van der Waals surface area contributed by atoms with E-state index in [2.05, 4.69) is 15.0 Å². The minimum absolute atomic E-state index is 0.0631. The van der Waals surface area contributed by atoms with Crippen molar-refractivity contribution in [1.29, 1.82) is 0 Å². The summed E-state index contributed by atoms with van der Waals surface area (Å²) in [4.78, 5) is 19.4. The highest BCUT2D eigenvalue weighted by Crippen LogP contribution is 2.53. The van der Waals surface area contributed by atoms with Crippen molar-refractivity contribution in [2.24, 2.45) is 5.92 Å². The van der Waals surface area contributed by atoms with Gasteiger partial charge in [0.05, 0.1) is 4.90 Å². The number of amides is 1. The highest BCUT2D eigenvalue weighted by atomic mass is 35.5. The second-order valence-electron chi connectivity index (χ2n) is 8.07. The van der Waals surface area contributed by atoms with Gasteiger partial charge in [-0.1, -0.05) is 17.7 Å². The number of nitrogens with zero attached hydrogens (tertiary/aromatic N) is 2. The molecule has 1 unspecified atom stereocenters. The number of nitrogens with one attached hydrogen (secondary N) is 2. The molecule has 0 bridgehead atoms. The molecule has 0 saturated heterocycles. The van der Waals surface area contributed by atoms with Gasteiger partial charge in [-0.05, 0) is 54.8 Å². The van der Waals surface area contributed by atoms with Crippen molar-refractivity contribution in [3.05, 3.63) is 64.6 Å². The molecule has 3 aromatic rings. The molecule has 8 nitrogen and oxygen atoms in total. The summed E-state index contributed by atoms with van der Waals surface area (Å²) < 4.78 is 27.5. The summed E-state index contributed by atoms with van der Waals surface area (Å²) in [6, 6.07) is 11.6. The lowest BCUT2D eigenvalue weighted by Gasteiger charge is -2.31. The zero-order valence-electron chi connectivity index (χ0n) is 17.4. The molecule has 2 atom stereocenters. The Kier molecular flexibility index (Phi) is 5.56. The minimum Gasteiger partial charge on any atom is -0.396 e. The largest absolute Gasteiger partial charge is 0.396 e. The summed E-state index contributed by atoms with van der Waals surface area (Å²) >= 11 is 7.53. The van der Waals surface area contributed by atoms with Gasteiger partial charge in [0.1, 0.15) is 5.54 Å². The van der Waals surface area contributed by atoms with Crippen molar-refractivity contribution in [1.82, 2.24) is 4.98 Å². The fraction of sp³-hybridized carbons (Fsp3) is 0.273. The fourth-order valence-corrected chi connectivity index (χ4v) is 6.53. The van der Waals surface area contributed by atoms with Gasteiger partial charge in [-0.15, -0.1) is 11.3 Å². The molecule has 5 rings (SSSR count). The van der Waals surface area contributed by atoms with Crippen LogP contribution in [0.15, 0.2) is 58.9 Å². The van der Waals surface area contributed by atoms with Crippen LogP contribution in [0.5, 0.6) is 0 Å². The minimum atomic E-state index is -3.78. The van der Waals surface area contributed by atoms with Crippen LogP contribution < -0.4 is 14.9 Å². The zero-order valence-corrected chi connectivity index (χ0v) is 19.8. The van der Waals surface area contributed by atoms with Crippen LogP contribution in [-0.2, 0) is 21.2 Å². The number of carbonyl (C=O) groups excluding carboxylic acids is 1. The molecule has 0 radical (unpaired) electrons. The molecule has 172 valence electrons. The van der Waals surface area contributed by atoms with Crippen molar-refractivity contribution in [3.63, 3.8) is 0 Å². The van der Waals surface area contributed by atoms with E-state index in [1.165, 1.54) is 29.7 Å². The van der Waals surface area contributed by atoms with E-state index in [0.717, 1.165) is 17.7 Å². The molecule has 1 fully saturated rings. The molecule has 1 aliphatic heterocycles. The van der Waals surface area contributed by atoms with E-state index < -0.39 is 15.6 Å². The number of aromatic nitrogens is 1. The van der Waals surface area contributed by atoms with Crippen LogP contribution in [-0.4, -0.2) is 43.1 Å². The van der Waals surface area contributed by atoms with Gasteiger partial charge in [-0.2, -0.15) is 0 Å². The third kappa shape index (κ3) is 3.86. The standard InChI is InChI=1S/C22H21ClN4O4S2/c23-18-2-1-3-19-17(18)8-10-27(19)22(12-14(22)13-28)20(29)25-15-4-6-16(7-5-15)33(30,31)26-21-24-9-11-32-21/h1-7,9,11,14,28H,8,10,12-13H2,(H,24,26)(H,25,29)/t14?,22-/m1/s1. The van der Waals surface area contributed by atoms with Crippen molar-refractivity contribution in [3.8, 4) is 0 Å². The zero-order chi connectivity index (χ0) is 23.2. The Morgan fingerprint density at radius 2 is 2.06 bits per heavy atom. The second kappa shape index (κ2) is 8.28. The first kappa shape index (κ1) is 22.1. The lowest BCUT2D eigenvalue weighted by molar-refractivity contribution is -0.118. The van der Waals surface area contributed by atoms with Crippen LogP contribution in [0.4, 0.5) is 16.5 Å². The van der Waals surface area contributed by atoms with Gasteiger partial charge in [-0.25, -0.2) is 13.4 Å². The molecule has 1 saturated carbocycles. The molecule has 2 heterocycles. The Morgan fingerprint density at radius 1 is 1.27 bits per heavy atom. The van der Waals surface area contributed by atoms with Gasteiger partial charge in [0.25, 0.3) is 15.9 Å². The molecule has 2 aliphatic rings. The molecule has 1 aromatic heterocycles. The van der Waals surface area contributed by atoms with Crippen LogP contribution in [0.3, 0.4) is 0 Å². The molecule has 1 aliphatic carbocycles. The highest BCUT2D eigenvalue weighted by Gasteiger charge is 2.64. The summed E-state index contributed by atoms with van der Waals surface area (Å²) in [5, 5.41) is 15.4. The van der Waals surface area contributed by atoms with E-state index in [0.29, 0.717) is 23.7 Å². The monoisotopic (exact) mass is 504 g/mol. The highest BCUT2D eigenvalue weighted by molar-refractivity contribution is 7.93. The summed E-state index contributed by atoms with van der Waals surface area (Å²) in [5.41, 5.74) is 1.55. The van der Waals surface area contributed by atoms with Crippen LogP contribution >= 0.6 is 22.9 Å². The molecule has 0 spiro atoms. The Bertz CT molecular complexity index is 1300. The topological polar surface area (TPSA) is 112 Å². The van der Waals surface area contributed by atoms with Gasteiger partial charge in [0.2, 0.25) is 0 Å². The summed E-state index contributed by atoms with van der Waals surface area (Å²) in [5.74, 6) is -0.421. The third-order valence-electron chi connectivity index (χ3n) is 6.21. The smallest absolute Gasteiger partial charge is 0.263 e. The number of hydrogen-bond donors (Lipinski definition) is 3. The molecule has 2 aromatic carbocycles. The number of rotatable bonds is 7. The second-order valence-corrected chi connectivity index (χ2v) is 11.1. The van der Waals surface area contributed by atoms with Crippen molar-refractivity contribution in [2.45, 2.75) is 23.3 Å².